The van der Waals surface area contributed by atoms with Crippen LogP contribution in [-0.4, -0.2) is 56.3 Å². The molecule has 3 aromatic heterocycles. The van der Waals surface area contributed by atoms with Gasteiger partial charge in [-0.15, -0.1) is 0 Å². The van der Waals surface area contributed by atoms with Gasteiger partial charge in [0.25, 0.3) is 0 Å². The van der Waals surface area contributed by atoms with Gasteiger partial charge in [-0.3, -0.25) is 4.68 Å². The Morgan fingerprint density at radius 3 is 2.89 bits per heavy atom. The van der Waals surface area contributed by atoms with Gasteiger partial charge in [-0.2, -0.15) is 14.7 Å². The number of rotatable bonds is 5. The number of nitriles is 1. The fraction of sp³-hybridized carbons (Fsp3) is 0.412. The second-order valence-electron chi connectivity index (χ2n) is 6.76. The maximum Gasteiger partial charge on any atom is 0.213 e. The van der Waals surface area contributed by atoms with E-state index in [0.29, 0.717) is 0 Å². The zero-order valence-corrected chi connectivity index (χ0v) is 15.8. The maximum atomic E-state index is 12.1. The van der Waals surface area contributed by atoms with E-state index >= 15 is 0 Å². The van der Waals surface area contributed by atoms with Crippen LogP contribution < -0.4 is 0 Å². The molecule has 0 spiro atoms. The van der Waals surface area contributed by atoms with Crippen molar-refractivity contribution in [3.05, 3.63) is 31.0 Å². The molecule has 27 heavy (non-hydrogen) atoms. The molecule has 0 bridgehead atoms. The monoisotopic (exact) mass is 385 g/mol. The van der Waals surface area contributed by atoms with E-state index in [0.717, 1.165) is 22.3 Å². The molecule has 0 radical (unpaired) electrons. The third-order valence-corrected chi connectivity index (χ3v) is 7.10. The molecule has 4 rings (SSSR count). The molecule has 10 heteroatoms. The Morgan fingerprint density at radius 2 is 2.19 bits per heavy atom. The molecule has 4 heterocycles. The zero-order chi connectivity index (χ0) is 19.2. The average molecular weight is 385 g/mol. The summed E-state index contributed by atoms with van der Waals surface area (Å²) in [5.74, 6) is -0.355. The number of aromatic nitrogens is 5. The summed E-state index contributed by atoms with van der Waals surface area (Å²) in [6.45, 7) is 3.89. The predicted molar refractivity (Wildman–Crippen MR) is 98.9 cm³/mol. The molecule has 0 aliphatic carbocycles. The largest absolute Gasteiger partial charge is 0.346 e. The Morgan fingerprint density at radius 1 is 1.41 bits per heavy atom. The number of hydrogen-bond donors (Lipinski definition) is 1. The molecule has 1 atom stereocenters. The summed E-state index contributed by atoms with van der Waals surface area (Å²) in [6.07, 6.45) is 6.81. The second-order valence-corrected chi connectivity index (χ2v) is 9.02. The Hall–Kier alpha value is -2.77. The van der Waals surface area contributed by atoms with Crippen molar-refractivity contribution in [1.29, 1.82) is 5.26 Å². The molecule has 1 N–H and O–H groups in total. The molecule has 1 unspecified atom stereocenters. The number of fused-ring (bicyclic) bond motifs is 1. The van der Waals surface area contributed by atoms with Crippen molar-refractivity contribution < 1.29 is 8.42 Å². The van der Waals surface area contributed by atoms with Crippen molar-refractivity contribution >= 4 is 21.1 Å². The number of aromatic amines is 1. The van der Waals surface area contributed by atoms with Gasteiger partial charge in [0.1, 0.15) is 17.5 Å². The van der Waals surface area contributed by atoms with E-state index in [1.165, 1.54) is 10.6 Å². The van der Waals surface area contributed by atoms with E-state index in [-0.39, 0.29) is 18.8 Å². The summed E-state index contributed by atoms with van der Waals surface area (Å²) < 4.78 is 27.4. The summed E-state index contributed by atoms with van der Waals surface area (Å²) >= 11 is 0. The molecule has 3 aromatic rings. The summed E-state index contributed by atoms with van der Waals surface area (Å²) in [5, 5.41) is 14.8. The van der Waals surface area contributed by atoms with Gasteiger partial charge in [-0.1, -0.05) is 0 Å². The van der Waals surface area contributed by atoms with Crippen molar-refractivity contribution in [1.82, 2.24) is 29.0 Å². The first-order chi connectivity index (χ1) is 12.9. The van der Waals surface area contributed by atoms with Crippen LogP contribution in [0.3, 0.4) is 0 Å². The van der Waals surface area contributed by atoms with Crippen molar-refractivity contribution in [3.63, 3.8) is 0 Å². The Labute approximate surface area is 156 Å². The predicted octanol–water partition coefficient (Wildman–Crippen LogP) is 1.34. The quantitative estimate of drug-likeness (QED) is 0.707. The van der Waals surface area contributed by atoms with E-state index < -0.39 is 21.5 Å². The third kappa shape index (κ3) is 2.62. The highest BCUT2D eigenvalue weighted by atomic mass is 32.2. The minimum Gasteiger partial charge on any atom is -0.346 e. The molecule has 1 aliphatic heterocycles. The lowest BCUT2D eigenvalue weighted by molar-refractivity contribution is 0.0357. The maximum absolute atomic E-state index is 12.1. The van der Waals surface area contributed by atoms with Crippen molar-refractivity contribution in [3.8, 4) is 17.3 Å². The topological polar surface area (TPSA) is 121 Å². The summed E-state index contributed by atoms with van der Waals surface area (Å²) in [7, 11) is -3.29. The highest BCUT2D eigenvalue weighted by Crippen LogP contribution is 2.38. The smallest absolute Gasteiger partial charge is 0.213 e. The number of H-pyrrole nitrogens is 1. The molecule has 1 aliphatic rings. The molecular weight excluding hydrogens is 366 g/mol. The molecule has 1 saturated heterocycles. The highest BCUT2D eigenvalue weighted by molar-refractivity contribution is 7.89. The van der Waals surface area contributed by atoms with Crippen molar-refractivity contribution in [2.24, 2.45) is 5.92 Å². The Balaban J connectivity index is 1.72. The van der Waals surface area contributed by atoms with Gasteiger partial charge in [-0.05, 0) is 19.9 Å². The zero-order valence-electron chi connectivity index (χ0n) is 15.0. The Kier molecular flexibility index (Phi) is 4.01. The van der Waals surface area contributed by atoms with E-state index in [1.807, 2.05) is 12.3 Å². The minimum absolute atomic E-state index is 0.0424. The normalized spacial score (nSPS) is 18.1. The number of nitrogens with one attached hydrogen (secondary N) is 1. The van der Waals surface area contributed by atoms with Crippen LogP contribution in [0, 0.1) is 17.2 Å². The van der Waals surface area contributed by atoms with E-state index in [1.54, 1.807) is 30.9 Å². The van der Waals surface area contributed by atoms with E-state index in [2.05, 4.69) is 26.1 Å². The number of hydrogen-bond acceptors (Lipinski definition) is 6. The lowest BCUT2D eigenvalue weighted by atomic mass is 9.80. The molecule has 9 nitrogen and oxygen atoms in total. The first kappa shape index (κ1) is 17.6. The minimum atomic E-state index is -3.29. The van der Waals surface area contributed by atoms with Gasteiger partial charge in [0.2, 0.25) is 10.0 Å². The molecule has 140 valence electrons. The Bertz CT molecular complexity index is 1140. The molecule has 0 amide bonds. The van der Waals surface area contributed by atoms with Crippen LogP contribution in [0.1, 0.15) is 13.8 Å². The van der Waals surface area contributed by atoms with Crippen LogP contribution in [-0.2, 0) is 15.6 Å². The second kappa shape index (κ2) is 6.14. The van der Waals surface area contributed by atoms with Crippen LogP contribution in [0.4, 0.5) is 0 Å². The number of nitrogens with zero attached hydrogens (tertiary/aromatic N) is 6. The standard InChI is InChI=1S/C17H19N7O2S/c1-3-27(25,26)23-9-17(10-23,12(2)6-18)24-8-13(7-22-24)15-14-4-5-19-16(14)21-11-20-15/h4-5,7-8,11-12H,3,9-10H2,1-2H3,(H,19,20,21). The van der Waals surface area contributed by atoms with Crippen molar-refractivity contribution in [2.45, 2.75) is 19.4 Å². The van der Waals surface area contributed by atoms with E-state index in [9.17, 15) is 13.7 Å². The van der Waals surface area contributed by atoms with E-state index in [4.69, 9.17) is 0 Å². The third-order valence-electron chi connectivity index (χ3n) is 5.32. The van der Waals surface area contributed by atoms with Crippen LogP contribution in [0.15, 0.2) is 31.0 Å². The lowest BCUT2D eigenvalue weighted by Crippen LogP contribution is -2.67. The average Bonchev–Trinajstić information content (AvgIpc) is 3.29. The van der Waals surface area contributed by atoms with Gasteiger partial charge in [0.05, 0.1) is 29.6 Å². The van der Waals surface area contributed by atoms with Gasteiger partial charge < -0.3 is 4.98 Å². The first-order valence-corrected chi connectivity index (χ1v) is 10.2. The summed E-state index contributed by atoms with van der Waals surface area (Å²) in [4.78, 5) is 11.6. The van der Waals surface area contributed by atoms with Crippen LogP contribution >= 0.6 is 0 Å². The first-order valence-electron chi connectivity index (χ1n) is 8.62. The lowest BCUT2D eigenvalue weighted by Gasteiger charge is -2.50. The molecule has 0 saturated carbocycles. The number of sulfonamides is 1. The molecule has 0 aromatic carbocycles. The fourth-order valence-corrected chi connectivity index (χ4v) is 4.68. The van der Waals surface area contributed by atoms with Gasteiger partial charge in [0.15, 0.2) is 0 Å². The molecule has 1 fully saturated rings. The van der Waals surface area contributed by atoms with Crippen LogP contribution in [0.2, 0.25) is 0 Å². The summed E-state index contributed by atoms with van der Waals surface area (Å²) in [5.41, 5.74) is 1.59. The highest BCUT2D eigenvalue weighted by Gasteiger charge is 2.53. The van der Waals surface area contributed by atoms with Gasteiger partial charge in [0, 0.05) is 36.4 Å². The van der Waals surface area contributed by atoms with Gasteiger partial charge >= 0.3 is 0 Å². The molecular formula is C17H19N7O2S. The summed E-state index contributed by atoms with van der Waals surface area (Å²) in [6, 6.07) is 4.16. The van der Waals surface area contributed by atoms with Crippen LogP contribution in [0.5, 0.6) is 0 Å². The SMILES string of the molecule is CCS(=O)(=O)N1CC(C(C)C#N)(n2cc(-c3ncnc4[nH]ccc34)cn2)C1. The van der Waals surface area contributed by atoms with Gasteiger partial charge in [-0.25, -0.2) is 18.4 Å². The fourth-order valence-electron chi connectivity index (χ4n) is 3.47. The van der Waals surface area contributed by atoms with Crippen LogP contribution in [0.25, 0.3) is 22.3 Å². The van der Waals surface area contributed by atoms with Crippen molar-refractivity contribution in [2.75, 3.05) is 18.8 Å².